The molecule has 3 rings (SSSR count). The van der Waals surface area contributed by atoms with Gasteiger partial charge in [0.2, 0.25) is 0 Å². The van der Waals surface area contributed by atoms with Gasteiger partial charge in [-0.2, -0.15) is 0 Å². The molecule has 1 unspecified atom stereocenters. The van der Waals surface area contributed by atoms with Gasteiger partial charge in [0.1, 0.15) is 5.01 Å². The van der Waals surface area contributed by atoms with E-state index >= 15 is 0 Å². The Morgan fingerprint density at radius 2 is 2.06 bits per heavy atom. The van der Waals surface area contributed by atoms with Crippen LogP contribution in [0, 0.1) is 0 Å². The highest BCUT2D eigenvalue weighted by Crippen LogP contribution is 2.37. The fourth-order valence-corrected chi connectivity index (χ4v) is 4.48. The van der Waals surface area contributed by atoms with Gasteiger partial charge in [0, 0.05) is 18.1 Å². The van der Waals surface area contributed by atoms with Crippen molar-refractivity contribution in [1.82, 2.24) is 10.3 Å². The minimum absolute atomic E-state index is 0.0680. The molecule has 18 heavy (non-hydrogen) atoms. The van der Waals surface area contributed by atoms with Crippen LogP contribution in [0.4, 0.5) is 0 Å². The van der Waals surface area contributed by atoms with Gasteiger partial charge in [0.05, 0.1) is 11.2 Å². The third-order valence-corrected chi connectivity index (χ3v) is 5.66. The van der Waals surface area contributed by atoms with E-state index in [2.05, 4.69) is 12.4 Å². The van der Waals surface area contributed by atoms with Gasteiger partial charge in [-0.05, 0) is 52.0 Å². The molecule has 0 bridgehead atoms. The predicted octanol–water partition coefficient (Wildman–Crippen LogP) is 2.64. The van der Waals surface area contributed by atoms with E-state index in [1.54, 1.807) is 0 Å². The lowest BCUT2D eigenvalue weighted by Crippen LogP contribution is -2.40. The third kappa shape index (κ3) is 2.22. The fourth-order valence-electron chi connectivity index (χ4n) is 3.08. The van der Waals surface area contributed by atoms with Crippen molar-refractivity contribution in [2.75, 3.05) is 20.3 Å². The van der Waals surface area contributed by atoms with Crippen molar-refractivity contribution in [3.63, 3.8) is 0 Å². The van der Waals surface area contributed by atoms with Crippen LogP contribution in [0.3, 0.4) is 0 Å². The van der Waals surface area contributed by atoms with E-state index in [1.165, 1.54) is 41.3 Å². The van der Waals surface area contributed by atoms with E-state index in [4.69, 9.17) is 9.72 Å². The van der Waals surface area contributed by atoms with Crippen LogP contribution in [0.1, 0.15) is 47.7 Å². The number of aryl methyl sites for hydroxylation is 2. The van der Waals surface area contributed by atoms with E-state index in [9.17, 15) is 0 Å². The van der Waals surface area contributed by atoms with Gasteiger partial charge in [-0.3, -0.25) is 0 Å². The van der Waals surface area contributed by atoms with Crippen LogP contribution in [-0.2, 0) is 23.1 Å². The molecule has 100 valence electrons. The van der Waals surface area contributed by atoms with Crippen molar-refractivity contribution in [3.05, 3.63) is 15.6 Å². The zero-order valence-corrected chi connectivity index (χ0v) is 11.9. The Morgan fingerprint density at radius 1 is 1.17 bits per heavy atom. The first-order valence-corrected chi connectivity index (χ1v) is 7.91. The quantitative estimate of drug-likeness (QED) is 0.893. The van der Waals surface area contributed by atoms with E-state index in [-0.39, 0.29) is 5.54 Å². The number of hydrogen-bond acceptors (Lipinski definition) is 4. The molecule has 1 fully saturated rings. The molecule has 1 aliphatic carbocycles. The number of hydrogen-bond donors (Lipinski definition) is 1. The molecular formula is C14H22N2OS. The first kappa shape index (κ1) is 12.6. The predicted molar refractivity (Wildman–Crippen MR) is 74.2 cm³/mol. The van der Waals surface area contributed by atoms with Crippen molar-refractivity contribution in [3.8, 4) is 0 Å². The highest BCUT2D eigenvalue weighted by molar-refractivity contribution is 7.11. The lowest BCUT2D eigenvalue weighted by molar-refractivity contribution is 0.137. The summed E-state index contributed by atoms with van der Waals surface area (Å²) in [6.45, 7) is 1.75. The molecule has 1 aliphatic heterocycles. The zero-order valence-electron chi connectivity index (χ0n) is 11.1. The molecule has 1 N–H and O–H groups in total. The van der Waals surface area contributed by atoms with Crippen molar-refractivity contribution in [2.24, 2.45) is 0 Å². The molecule has 0 radical (unpaired) electrons. The molecule has 0 spiro atoms. The standard InChI is InChI=1S/C14H22N2OS/c1-15-14(7-4-9-17-10-8-14)13-16-11-5-2-3-6-12(11)18-13/h15H,2-10H2,1H3. The summed E-state index contributed by atoms with van der Waals surface area (Å²) in [6, 6.07) is 0. The SMILES string of the molecule is CNC1(c2nc3c(s2)CCCC3)CCCOCC1. The summed E-state index contributed by atoms with van der Waals surface area (Å²) in [5, 5.41) is 4.86. The lowest BCUT2D eigenvalue weighted by atomic mass is 9.91. The summed E-state index contributed by atoms with van der Waals surface area (Å²) in [5.41, 5.74) is 1.44. The Labute approximate surface area is 113 Å². The Kier molecular flexibility index (Phi) is 3.68. The van der Waals surface area contributed by atoms with Crippen LogP contribution in [-0.4, -0.2) is 25.2 Å². The molecule has 0 aromatic carbocycles. The van der Waals surface area contributed by atoms with Gasteiger partial charge in [0.25, 0.3) is 0 Å². The van der Waals surface area contributed by atoms with Crippen molar-refractivity contribution >= 4 is 11.3 Å². The second kappa shape index (κ2) is 5.27. The number of nitrogens with zero attached hydrogens (tertiary/aromatic N) is 1. The summed E-state index contributed by atoms with van der Waals surface area (Å²) in [5.74, 6) is 0. The van der Waals surface area contributed by atoms with E-state index < -0.39 is 0 Å². The number of nitrogens with one attached hydrogen (secondary N) is 1. The Hall–Kier alpha value is -0.450. The molecule has 1 saturated heterocycles. The Bertz CT molecular complexity index is 384. The van der Waals surface area contributed by atoms with Gasteiger partial charge in [-0.15, -0.1) is 11.3 Å². The van der Waals surface area contributed by atoms with Crippen LogP contribution in [0.2, 0.25) is 0 Å². The van der Waals surface area contributed by atoms with Crippen molar-refractivity contribution < 1.29 is 4.74 Å². The summed E-state index contributed by atoms with van der Waals surface area (Å²) in [4.78, 5) is 6.50. The molecule has 1 aromatic heterocycles. The molecule has 2 aliphatic rings. The van der Waals surface area contributed by atoms with Crippen molar-refractivity contribution in [1.29, 1.82) is 0 Å². The lowest BCUT2D eigenvalue weighted by Gasteiger charge is -2.29. The van der Waals surface area contributed by atoms with Crippen molar-refractivity contribution in [2.45, 2.75) is 50.5 Å². The van der Waals surface area contributed by atoms with Gasteiger partial charge < -0.3 is 10.1 Å². The second-order valence-corrected chi connectivity index (χ2v) is 6.48. The smallest absolute Gasteiger partial charge is 0.113 e. The van der Waals surface area contributed by atoms with Crippen LogP contribution in [0.15, 0.2) is 0 Å². The average molecular weight is 266 g/mol. The zero-order chi connectivity index (χ0) is 12.4. The highest BCUT2D eigenvalue weighted by Gasteiger charge is 2.35. The molecule has 0 amide bonds. The van der Waals surface area contributed by atoms with E-state index in [1.807, 2.05) is 11.3 Å². The fraction of sp³-hybridized carbons (Fsp3) is 0.786. The Morgan fingerprint density at radius 3 is 2.89 bits per heavy atom. The van der Waals surface area contributed by atoms with Crippen LogP contribution in [0.5, 0.6) is 0 Å². The van der Waals surface area contributed by atoms with Gasteiger partial charge >= 0.3 is 0 Å². The maximum absolute atomic E-state index is 5.61. The average Bonchev–Trinajstić information content (AvgIpc) is 2.70. The highest BCUT2D eigenvalue weighted by atomic mass is 32.1. The first-order chi connectivity index (χ1) is 8.84. The number of thiazole rings is 1. The van der Waals surface area contributed by atoms with Gasteiger partial charge in [0.15, 0.2) is 0 Å². The molecule has 2 heterocycles. The first-order valence-electron chi connectivity index (χ1n) is 7.10. The topological polar surface area (TPSA) is 34.2 Å². The van der Waals surface area contributed by atoms with Crippen LogP contribution in [0.25, 0.3) is 0 Å². The summed E-state index contributed by atoms with van der Waals surface area (Å²) in [6.07, 6.45) is 8.40. The number of aromatic nitrogens is 1. The second-order valence-electron chi connectivity index (χ2n) is 5.39. The Balaban J connectivity index is 1.92. The van der Waals surface area contributed by atoms with Gasteiger partial charge in [-0.1, -0.05) is 0 Å². The van der Waals surface area contributed by atoms with E-state index in [0.717, 1.165) is 32.5 Å². The molecular weight excluding hydrogens is 244 g/mol. The van der Waals surface area contributed by atoms with Gasteiger partial charge in [-0.25, -0.2) is 4.98 Å². The van der Waals surface area contributed by atoms with E-state index in [0.29, 0.717) is 0 Å². The maximum Gasteiger partial charge on any atom is 0.113 e. The maximum atomic E-state index is 5.61. The van der Waals surface area contributed by atoms with Crippen LogP contribution >= 0.6 is 11.3 Å². The number of rotatable bonds is 2. The summed E-state index contributed by atoms with van der Waals surface area (Å²) >= 11 is 1.95. The third-order valence-electron chi connectivity index (χ3n) is 4.30. The van der Waals surface area contributed by atoms with Crippen LogP contribution < -0.4 is 5.32 Å². The monoisotopic (exact) mass is 266 g/mol. The summed E-state index contributed by atoms with van der Waals surface area (Å²) < 4.78 is 5.61. The minimum Gasteiger partial charge on any atom is -0.381 e. The molecule has 4 heteroatoms. The molecule has 1 atom stereocenters. The number of ether oxygens (including phenoxy) is 1. The molecule has 3 nitrogen and oxygen atoms in total. The largest absolute Gasteiger partial charge is 0.381 e. The molecule has 1 aromatic rings. The number of fused-ring (bicyclic) bond motifs is 1. The minimum atomic E-state index is 0.0680. The molecule has 0 saturated carbocycles. The normalized spacial score (nSPS) is 28.7. The summed E-state index contributed by atoms with van der Waals surface area (Å²) in [7, 11) is 2.08.